The van der Waals surface area contributed by atoms with Crippen molar-refractivity contribution in [2.45, 2.75) is 30.1 Å². The fourth-order valence-electron chi connectivity index (χ4n) is 3.23. The summed E-state index contributed by atoms with van der Waals surface area (Å²) in [7, 11) is -3.49. The third-order valence-electron chi connectivity index (χ3n) is 4.18. The van der Waals surface area contributed by atoms with Crippen LogP contribution in [0.2, 0.25) is 0 Å². The smallest absolute Gasteiger partial charge is 0.217 e. The normalized spacial score (nSPS) is 19.8. The van der Waals surface area contributed by atoms with E-state index in [1.54, 1.807) is 11.4 Å². The maximum Gasteiger partial charge on any atom is 0.217 e. The molecule has 1 N–H and O–H groups in total. The fraction of sp³-hybridized carbons (Fsp3) is 0.538. The topological polar surface area (TPSA) is 79.6 Å². The largest absolute Gasteiger partial charge is 0.353 e. The van der Waals surface area contributed by atoms with Crippen LogP contribution in [0.3, 0.4) is 0 Å². The van der Waals surface area contributed by atoms with E-state index in [0.717, 1.165) is 26.2 Å². The van der Waals surface area contributed by atoms with Gasteiger partial charge in [0.2, 0.25) is 9.84 Å². The zero-order valence-electron chi connectivity index (χ0n) is 12.0. The van der Waals surface area contributed by atoms with Crippen LogP contribution >= 0.6 is 0 Å². The van der Waals surface area contributed by atoms with Gasteiger partial charge in [0.25, 0.3) is 0 Å². The van der Waals surface area contributed by atoms with Crippen LogP contribution in [0, 0.1) is 6.92 Å². The van der Waals surface area contributed by atoms with Crippen LogP contribution in [0.4, 0.5) is 5.82 Å². The molecule has 0 unspecified atom stereocenters. The van der Waals surface area contributed by atoms with Gasteiger partial charge in [-0.3, -0.25) is 0 Å². The van der Waals surface area contributed by atoms with Gasteiger partial charge in [0.05, 0.1) is 11.4 Å². The summed E-state index contributed by atoms with van der Waals surface area (Å²) in [5.41, 5.74) is 1.67. The van der Waals surface area contributed by atoms with Gasteiger partial charge in [-0.2, -0.15) is 9.61 Å². The molecule has 0 amide bonds. The highest BCUT2D eigenvalue weighted by Gasteiger charge is 2.41. The predicted octanol–water partition coefficient (Wildman–Crippen LogP) is 0.156. The Morgan fingerprint density at radius 2 is 1.95 bits per heavy atom. The highest BCUT2D eigenvalue weighted by Crippen LogP contribution is 2.41. The molecule has 21 heavy (non-hydrogen) atoms. The fourth-order valence-corrected chi connectivity index (χ4v) is 5.19. The first-order valence-corrected chi connectivity index (χ1v) is 8.67. The second-order valence-corrected chi connectivity index (χ2v) is 7.28. The Hall–Kier alpha value is -1.67. The van der Waals surface area contributed by atoms with E-state index >= 15 is 0 Å². The summed E-state index contributed by atoms with van der Waals surface area (Å²) in [6.45, 7) is 6.92. The maximum atomic E-state index is 12.9. The summed E-state index contributed by atoms with van der Waals surface area (Å²) in [5, 5.41) is 7.79. The molecule has 5 heterocycles. The maximum absolute atomic E-state index is 12.9. The summed E-state index contributed by atoms with van der Waals surface area (Å²) in [6.07, 6.45) is 0.589. The molecule has 112 valence electrons. The highest BCUT2D eigenvalue weighted by molar-refractivity contribution is 7.92. The van der Waals surface area contributed by atoms with Gasteiger partial charge in [-0.25, -0.2) is 13.4 Å². The molecular weight excluding hydrogens is 290 g/mol. The minimum absolute atomic E-state index is 0.310. The van der Waals surface area contributed by atoms with Crippen molar-refractivity contribution in [3.63, 3.8) is 0 Å². The number of piperazine rings is 1. The molecule has 0 aromatic carbocycles. The number of sulfone groups is 1. The first-order valence-electron chi connectivity index (χ1n) is 7.18. The molecule has 0 saturated carbocycles. The molecule has 3 aliphatic rings. The van der Waals surface area contributed by atoms with E-state index in [4.69, 9.17) is 0 Å². The van der Waals surface area contributed by atoms with Gasteiger partial charge in [0.15, 0.2) is 11.5 Å². The Labute approximate surface area is 122 Å². The minimum atomic E-state index is -3.49. The summed E-state index contributed by atoms with van der Waals surface area (Å²) < 4.78 is 27.6. The minimum Gasteiger partial charge on any atom is -0.353 e. The molecular formula is C13H17N5O2S. The molecule has 7 nitrogen and oxygen atoms in total. The molecule has 0 aliphatic carbocycles. The Morgan fingerprint density at radius 3 is 2.62 bits per heavy atom. The number of fused-ring (bicyclic) bond motifs is 1. The number of anilines is 1. The molecule has 4 bridgehead atoms. The van der Waals surface area contributed by atoms with Gasteiger partial charge in [-0.05, 0) is 13.3 Å². The van der Waals surface area contributed by atoms with E-state index in [-0.39, 0.29) is 0 Å². The first kappa shape index (κ1) is 13.0. The lowest BCUT2D eigenvalue weighted by Gasteiger charge is -2.32. The molecule has 1 saturated heterocycles. The van der Waals surface area contributed by atoms with Crippen molar-refractivity contribution < 1.29 is 8.42 Å². The molecule has 1 fully saturated rings. The second kappa shape index (κ2) is 4.17. The van der Waals surface area contributed by atoms with Gasteiger partial charge in [0, 0.05) is 26.2 Å². The lowest BCUT2D eigenvalue weighted by Crippen LogP contribution is -2.45. The van der Waals surface area contributed by atoms with Gasteiger partial charge in [-0.1, -0.05) is 6.92 Å². The number of nitrogens with zero attached hydrogens (tertiary/aromatic N) is 4. The molecule has 2 aromatic rings. The Balaban J connectivity index is 2.10. The van der Waals surface area contributed by atoms with Crippen LogP contribution in [-0.2, 0) is 16.3 Å². The molecule has 2 aromatic heterocycles. The first-order chi connectivity index (χ1) is 10.1. The summed E-state index contributed by atoms with van der Waals surface area (Å²) in [6, 6.07) is 0. The number of aromatic nitrogens is 3. The number of aryl methyl sites for hydroxylation is 2. The van der Waals surface area contributed by atoms with Crippen molar-refractivity contribution in [3.8, 4) is 0 Å². The zero-order valence-corrected chi connectivity index (χ0v) is 12.9. The number of nitrogens with one attached hydrogen (secondary N) is 1. The lowest BCUT2D eigenvalue weighted by atomic mass is 10.3. The van der Waals surface area contributed by atoms with E-state index in [1.807, 2.05) is 6.92 Å². The van der Waals surface area contributed by atoms with Crippen molar-refractivity contribution >= 4 is 21.3 Å². The summed E-state index contributed by atoms with van der Waals surface area (Å²) in [5.74, 6) is 0.686. The van der Waals surface area contributed by atoms with Gasteiger partial charge >= 0.3 is 0 Å². The third-order valence-corrected chi connectivity index (χ3v) is 6.15. The molecule has 0 atom stereocenters. The van der Waals surface area contributed by atoms with Crippen molar-refractivity contribution in [2.24, 2.45) is 0 Å². The molecule has 5 rings (SSSR count). The highest BCUT2D eigenvalue weighted by atomic mass is 32.2. The summed E-state index contributed by atoms with van der Waals surface area (Å²) in [4.78, 5) is 7.18. The monoisotopic (exact) mass is 307 g/mol. The van der Waals surface area contributed by atoms with Crippen molar-refractivity contribution in [1.29, 1.82) is 0 Å². The van der Waals surface area contributed by atoms with E-state index < -0.39 is 9.84 Å². The quantitative estimate of drug-likeness (QED) is 0.726. The number of rotatable bonds is 2. The average Bonchev–Trinajstić information content (AvgIpc) is 2.80. The molecule has 8 heteroatoms. The molecule has 0 radical (unpaired) electrons. The number of hydrogen-bond donors (Lipinski definition) is 1. The van der Waals surface area contributed by atoms with Crippen molar-refractivity contribution in [1.82, 2.24) is 19.9 Å². The van der Waals surface area contributed by atoms with E-state index in [9.17, 15) is 8.42 Å². The predicted molar refractivity (Wildman–Crippen MR) is 77.6 cm³/mol. The Bertz CT molecular complexity index is 849. The molecule has 3 aliphatic heterocycles. The van der Waals surface area contributed by atoms with Crippen LogP contribution in [0.15, 0.2) is 9.79 Å². The Kier molecular flexibility index (Phi) is 2.59. The zero-order chi connectivity index (χ0) is 14.8. The van der Waals surface area contributed by atoms with Gasteiger partial charge in [0.1, 0.15) is 9.79 Å². The van der Waals surface area contributed by atoms with E-state index in [2.05, 4.69) is 20.3 Å². The van der Waals surface area contributed by atoms with Crippen molar-refractivity contribution in [2.75, 3.05) is 31.1 Å². The van der Waals surface area contributed by atoms with Crippen molar-refractivity contribution in [3.05, 3.63) is 11.4 Å². The molecule has 0 spiro atoms. The van der Waals surface area contributed by atoms with Crippen LogP contribution in [-0.4, -0.2) is 49.2 Å². The average molecular weight is 307 g/mol. The van der Waals surface area contributed by atoms with E-state index in [1.165, 1.54) is 0 Å². The van der Waals surface area contributed by atoms with E-state index in [0.29, 0.717) is 39.1 Å². The number of hydrogen-bond acceptors (Lipinski definition) is 6. The third kappa shape index (κ3) is 1.54. The lowest BCUT2D eigenvalue weighted by molar-refractivity contribution is 0.566. The van der Waals surface area contributed by atoms with Crippen LogP contribution < -0.4 is 10.2 Å². The van der Waals surface area contributed by atoms with Crippen LogP contribution in [0.1, 0.15) is 18.3 Å². The standard InChI is InChI=1S/C13H17N5O2S/c1-3-9-11-12-15-8(2)10(21(11,19)20)13(18(12)16-9)17-6-4-14-5-7-17/h14H,3-7H2,1-2H3. The SMILES string of the molecule is CCc1nn2c(N3CCNCC3)c3c(C)nc2c1S3(=O)=O. The van der Waals surface area contributed by atoms with Gasteiger partial charge in [-0.15, -0.1) is 0 Å². The Morgan fingerprint density at radius 1 is 1.24 bits per heavy atom. The summed E-state index contributed by atoms with van der Waals surface area (Å²) >= 11 is 0. The van der Waals surface area contributed by atoms with Crippen LogP contribution in [0.5, 0.6) is 0 Å². The second-order valence-electron chi connectivity index (χ2n) is 5.46. The van der Waals surface area contributed by atoms with Crippen LogP contribution in [0.25, 0.3) is 5.65 Å². The van der Waals surface area contributed by atoms with Gasteiger partial charge < -0.3 is 10.2 Å².